The van der Waals surface area contributed by atoms with Crippen molar-refractivity contribution < 1.29 is 4.74 Å². The van der Waals surface area contributed by atoms with E-state index in [-0.39, 0.29) is 6.04 Å². The third-order valence-corrected chi connectivity index (χ3v) is 3.30. The van der Waals surface area contributed by atoms with E-state index in [4.69, 9.17) is 10.5 Å². The van der Waals surface area contributed by atoms with Gasteiger partial charge in [-0.3, -0.25) is 4.98 Å². The molecule has 3 nitrogen and oxygen atoms in total. The lowest BCUT2D eigenvalue weighted by Crippen LogP contribution is -2.13. The SMILES string of the molecule is Cc1ccnc(C(N)c2cccc(OC3CC3)c2)c1. The van der Waals surface area contributed by atoms with Crippen molar-refractivity contribution in [2.75, 3.05) is 0 Å². The summed E-state index contributed by atoms with van der Waals surface area (Å²) in [4.78, 5) is 4.35. The van der Waals surface area contributed by atoms with E-state index in [9.17, 15) is 0 Å². The Kier molecular flexibility index (Phi) is 3.22. The molecular formula is C16H18N2O. The highest BCUT2D eigenvalue weighted by Gasteiger charge is 2.23. The first-order valence-corrected chi connectivity index (χ1v) is 6.67. The van der Waals surface area contributed by atoms with Crippen LogP contribution in [0.2, 0.25) is 0 Å². The fourth-order valence-corrected chi connectivity index (χ4v) is 2.06. The zero-order chi connectivity index (χ0) is 13.2. The van der Waals surface area contributed by atoms with Gasteiger partial charge >= 0.3 is 0 Å². The topological polar surface area (TPSA) is 48.1 Å². The molecule has 2 aromatic rings. The number of nitrogens with two attached hydrogens (primary N) is 1. The molecule has 0 spiro atoms. The number of hydrogen-bond acceptors (Lipinski definition) is 3. The summed E-state index contributed by atoms with van der Waals surface area (Å²) in [6.07, 6.45) is 4.53. The first-order chi connectivity index (χ1) is 9.22. The number of aromatic nitrogens is 1. The summed E-state index contributed by atoms with van der Waals surface area (Å²) in [5.41, 5.74) is 9.38. The van der Waals surface area contributed by atoms with Crippen molar-refractivity contribution >= 4 is 0 Å². The van der Waals surface area contributed by atoms with Crippen LogP contribution in [0.15, 0.2) is 42.6 Å². The van der Waals surface area contributed by atoms with Gasteiger partial charge in [0.25, 0.3) is 0 Å². The lowest BCUT2D eigenvalue weighted by molar-refractivity contribution is 0.303. The van der Waals surface area contributed by atoms with Gasteiger partial charge in [0.15, 0.2) is 0 Å². The molecule has 3 rings (SSSR count). The van der Waals surface area contributed by atoms with Gasteiger partial charge < -0.3 is 10.5 Å². The third kappa shape index (κ3) is 2.93. The molecule has 1 atom stereocenters. The average Bonchev–Trinajstić information content (AvgIpc) is 3.22. The molecule has 2 N–H and O–H groups in total. The molecule has 1 aliphatic carbocycles. The molecule has 19 heavy (non-hydrogen) atoms. The zero-order valence-electron chi connectivity index (χ0n) is 11.0. The number of aryl methyl sites for hydroxylation is 1. The zero-order valence-corrected chi connectivity index (χ0v) is 11.0. The van der Waals surface area contributed by atoms with E-state index in [1.807, 2.05) is 43.3 Å². The lowest BCUT2D eigenvalue weighted by atomic mass is 10.0. The second-order valence-electron chi connectivity index (χ2n) is 5.13. The van der Waals surface area contributed by atoms with Crippen molar-refractivity contribution in [3.05, 3.63) is 59.4 Å². The molecule has 1 saturated carbocycles. The molecule has 1 fully saturated rings. The highest BCUT2D eigenvalue weighted by molar-refractivity contribution is 5.35. The maximum Gasteiger partial charge on any atom is 0.120 e. The number of ether oxygens (including phenoxy) is 1. The van der Waals surface area contributed by atoms with Gasteiger partial charge in [0.05, 0.1) is 17.8 Å². The second kappa shape index (κ2) is 5.02. The molecule has 1 aromatic carbocycles. The van der Waals surface area contributed by atoms with Crippen LogP contribution in [-0.2, 0) is 0 Å². The molecule has 0 radical (unpaired) electrons. The van der Waals surface area contributed by atoms with Crippen molar-refractivity contribution in [1.82, 2.24) is 4.98 Å². The first-order valence-electron chi connectivity index (χ1n) is 6.67. The van der Waals surface area contributed by atoms with E-state index in [1.54, 1.807) is 6.20 Å². The Morgan fingerprint density at radius 2 is 2.11 bits per heavy atom. The third-order valence-electron chi connectivity index (χ3n) is 3.30. The number of benzene rings is 1. The minimum absolute atomic E-state index is 0.206. The molecule has 1 aromatic heterocycles. The van der Waals surface area contributed by atoms with Gasteiger partial charge in [-0.25, -0.2) is 0 Å². The number of rotatable bonds is 4. The highest BCUT2D eigenvalue weighted by atomic mass is 16.5. The molecule has 3 heteroatoms. The van der Waals surface area contributed by atoms with E-state index < -0.39 is 0 Å². The van der Waals surface area contributed by atoms with Crippen molar-refractivity contribution in [1.29, 1.82) is 0 Å². The van der Waals surface area contributed by atoms with E-state index in [0.717, 1.165) is 29.8 Å². The minimum Gasteiger partial charge on any atom is -0.490 e. The fourth-order valence-electron chi connectivity index (χ4n) is 2.06. The van der Waals surface area contributed by atoms with E-state index in [2.05, 4.69) is 4.98 Å². The van der Waals surface area contributed by atoms with Gasteiger partial charge in [0.1, 0.15) is 5.75 Å². The molecule has 0 saturated heterocycles. The summed E-state index contributed by atoms with van der Waals surface area (Å²) in [6.45, 7) is 2.05. The maximum absolute atomic E-state index is 6.28. The summed E-state index contributed by atoms with van der Waals surface area (Å²) < 4.78 is 5.80. The highest BCUT2D eigenvalue weighted by Crippen LogP contribution is 2.29. The number of hydrogen-bond donors (Lipinski definition) is 1. The largest absolute Gasteiger partial charge is 0.490 e. The number of pyridine rings is 1. The van der Waals surface area contributed by atoms with Crippen LogP contribution in [0.25, 0.3) is 0 Å². The number of nitrogens with zero attached hydrogens (tertiary/aromatic N) is 1. The van der Waals surface area contributed by atoms with Crippen LogP contribution in [0.1, 0.15) is 35.7 Å². The van der Waals surface area contributed by atoms with Gasteiger partial charge in [0.2, 0.25) is 0 Å². The van der Waals surface area contributed by atoms with Crippen LogP contribution in [-0.4, -0.2) is 11.1 Å². The van der Waals surface area contributed by atoms with Crippen LogP contribution in [0.4, 0.5) is 0 Å². The molecule has 1 heterocycles. The molecule has 0 aliphatic heterocycles. The van der Waals surface area contributed by atoms with E-state index >= 15 is 0 Å². The standard InChI is InChI=1S/C16H18N2O/c1-11-7-8-18-15(9-11)16(17)12-3-2-4-14(10-12)19-13-5-6-13/h2-4,7-10,13,16H,5-6,17H2,1H3. The van der Waals surface area contributed by atoms with E-state index in [0.29, 0.717) is 6.10 Å². The Morgan fingerprint density at radius 1 is 1.26 bits per heavy atom. The summed E-state index contributed by atoms with van der Waals surface area (Å²) in [6, 6.07) is 11.8. The van der Waals surface area contributed by atoms with Gasteiger partial charge in [-0.2, -0.15) is 0 Å². The Bertz CT molecular complexity index is 578. The first kappa shape index (κ1) is 12.2. The van der Waals surface area contributed by atoms with Crippen LogP contribution in [0.5, 0.6) is 5.75 Å². The van der Waals surface area contributed by atoms with Crippen molar-refractivity contribution in [2.24, 2.45) is 5.73 Å². The lowest BCUT2D eigenvalue weighted by Gasteiger charge is -2.13. The smallest absolute Gasteiger partial charge is 0.120 e. The molecular weight excluding hydrogens is 236 g/mol. The molecule has 1 unspecified atom stereocenters. The second-order valence-corrected chi connectivity index (χ2v) is 5.13. The minimum atomic E-state index is -0.206. The van der Waals surface area contributed by atoms with Gasteiger partial charge in [-0.1, -0.05) is 12.1 Å². The summed E-state index contributed by atoms with van der Waals surface area (Å²) in [7, 11) is 0. The van der Waals surface area contributed by atoms with Crippen molar-refractivity contribution in [3.8, 4) is 5.75 Å². The Morgan fingerprint density at radius 3 is 2.84 bits per heavy atom. The Hall–Kier alpha value is -1.87. The molecule has 0 amide bonds. The Labute approximate surface area is 113 Å². The van der Waals surface area contributed by atoms with E-state index in [1.165, 1.54) is 5.56 Å². The summed E-state index contributed by atoms with van der Waals surface area (Å²) >= 11 is 0. The van der Waals surface area contributed by atoms with Gasteiger partial charge in [-0.15, -0.1) is 0 Å². The predicted molar refractivity (Wildman–Crippen MR) is 75.1 cm³/mol. The molecule has 1 aliphatic rings. The fraction of sp³-hybridized carbons (Fsp3) is 0.312. The van der Waals surface area contributed by atoms with Gasteiger partial charge in [-0.05, 0) is 55.2 Å². The summed E-state index contributed by atoms with van der Waals surface area (Å²) in [5, 5.41) is 0. The molecule has 0 bridgehead atoms. The maximum atomic E-state index is 6.28. The Balaban J connectivity index is 1.83. The van der Waals surface area contributed by atoms with Gasteiger partial charge in [0, 0.05) is 6.20 Å². The van der Waals surface area contributed by atoms with Crippen LogP contribution < -0.4 is 10.5 Å². The quantitative estimate of drug-likeness (QED) is 0.912. The molecule has 98 valence electrons. The predicted octanol–water partition coefficient (Wildman–Crippen LogP) is 2.98. The summed E-state index contributed by atoms with van der Waals surface area (Å²) in [5.74, 6) is 0.906. The normalized spacial score (nSPS) is 16.1. The van der Waals surface area contributed by atoms with Crippen molar-refractivity contribution in [2.45, 2.75) is 31.9 Å². The van der Waals surface area contributed by atoms with Crippen LogP contribution in [0, 0.1) is 6.92 Å². The van der Waals surface area contributed by atoms with Crippen LogP contribution >= 0.6 is 0 Å². The van der Waals surface area contributed by atoms with Crippen molar-refractivity contribution in [3.63, 3.8) is 0 Å². The average molecular weight is 254 g/mol. The monoisotopic (exact) mass is 254 g/mol. The van der Waals surface area contributed by atoms with Crippen LogP contribution in [0.3, 0.4) is 0 Å².